The molecule has 0 fully saturated rings. The van der Waals surface area contributed by atoms with Crippen LogP contribution in [0.15, 0.2) is 30.3 Å². The molecule has 0 saturated heterocycles. The summed E-state index contributed by atoms with van der Waals surface area (Å²) in [6, 6.07) is 8.60. The maximum absolute atomic E-state index is 12.4. The van der Waals surface area contributed by atoms with Crippen molar-refractivity contribution in [3.63, 3.8) is 0 Å². The van der Waals surface area contributed by atoms with Gasteiger partial charge in [-0.15, -0.1) is 0 Å². The molecular weight excluding hydrogens is 369 g/mol. The van der Waals surface area contributed by atoms with Gasteiger partial charge in [-0.1, -0.05) is 53.0 Å². The predicted molar refractivity (Wildman–Crippen MR) is 95.3 cm³/mol. The molecule has 2 aromatic rings. The van der Waals surface area contributed by atoms with Crippen molar-refractivity contribution in [1.82, 2.24) is 4.98 Å². The van der Waals surface area contributed by atoms with Crippen molar-refractivity contribution >= 4 is 40.7 Å². The van der Waals surface area contributed by atoms with Crippen LogP contribution in [0.5, 0.6) is 0 Å². The zero-order chi connectivity index (χ0) is 18.6. The summed E-state index contributed by atoms with van der Waals surface area (Å²) in [7, 11) is 0. The Morgan fingerprint density at radius 3 is 2.52 bits per heavy atom. The molecule has 0 unspecified atom stereocenters. The second-order valence-corrected chi connectivity index (χ2v) is 5.88. The monoisotopic (exact) mass is 383 g/mol. The summed E-state index contributed by atoms with van der Waals surface area (Å²) in [5, 5.41) is 10.9. The third-order valence-corrected chi connectivity index (χ3v) is 3.78. The normalized spacial score (nSPS) is 10.4. The number of hydrogen-bond donors (Lipinski definition) is 0. The van der Waals surface area contributed by atoms with Crippen LogP contribution in [0.2, 0.25) is 10.3 Å². The highest BCUT2D eigenvalue weighted by Gasteiger charge is 2.30. The molecule has 0 N–H and O–H groups in total. The minimum Gasteiger partial charge on any atom is -0.449 e. The van der Waals surface area contributed by atoms with E-state index in [4.69, 9.17) is 27.9 Å². The van der Waals surface area contributed by atoms with Gasteiger partial charge in [0.05, 0.1) is 18.1 Å². The number of rotatable bonds is 5. The second-order valence-electron chi connectivity index (χ2n) is 5.13. The number of anilines is 1. The van der Waals surface area contributed by atoms with E-state index in [-0.39, 0.29) is 24.0 Å². The molecule has 2 rings (SSSR count). The Morgan fingerprint density at radius 1 is 1.32 bits per heavy atom. The average Bonchev–Trinajstić information content (AvgIpc) is 2.53. The Labute approximate surface area is 154 Å². The van der Waals surface area contributed by atoms with Crippen LogP contribution in [0.3, 0.4) is 0 Å². The van der Waals surface area contributed by atoms with E-state index in [9.17, 15) is 14.9 Å². The van der Waals surface area contributed by atoms with E-state index in [2.05, 4.69) is 4.98 Å². The van der Waals surface area contributed by atoms with Gasteiger partial charge in [0, 0.05) is 6.07 Å². The molecule has 0 bridgehead atoms. The van der Waals surface area contributed by atoms with Crippen molar-refractivity contribution in [3.05, 3.63) is 61.9 Å². The SMILES string of the molecule is CCOC(=O)N(Cc1ccc(C)cc1)c1cc(Cl)nc(Cl)c1[N+](=O)[O-]. The maximum atomic E-state index is 12.4. The van der Waals surface area contributed by atoms with Crippen LogP contribution in [0.25, 0.3) is 0 Å². The van der Waals surface area contributed by atoms with Gasteiger partial charge in [0.25, 0.3) is 0 Å². The zero-order valence-electron chi connectivity index (χ0n) is 13.5. The predicted octanol–water partition coefficient (Wildman–Crippen LogP) is 4.77. The molecule has 0 atom stereocenters. The molecule has 1 aromatic heterocycles. The maximum Gasteiger partial charge on any atom is 0.414 e. The summed E-state index contributed by atoms with van der Waals surface area (Å²) in [5.41, 5.74) is 1.23. The number of amides is 1. The molecule has 1 heterocycles. The third kappa shape index (κ3) is 4.58. The Balaban J connectivity index is 2.54. The first-order valence-electron chi connectivity index (χ1n) is 7.33. The minimum atomic E-state index is -0.746. The lowest BCUT2D eigenvalue weighted by Crippen LogP contribution is -2.31. The van der Waals surface area contributed by atoms with Crippen LogP contribution in [-0.4, -0.2) is 22.6 Å². The lowest BCUT2D eigenvalue weighted by atomic mass is 10.1. The Bertz CT molecular complexity index is 797. The highest BCUT2D eigenvalue weighted by atomic mass is 35.5. The number of pyridine rings is 1. The molecule has 0 spiro atoms. The first-order valence-corrected chi connectivity index (χ1v) is 8.09. The molecule has 132 valence electrons. The Kier molecular flexibility index (Phi) is 6.17. The van der Waals surface area contributed by atoms with Crippen LogP contribution >= 0.6 is 23.2 Å². The number of aryl methyl sites for hydroxylation is 1. The molecule has 0 saturated carbocycles. The van der Waals surface area contributed by atoms with Crippen LogP contribution in [0, 0.1) is 17.0 Å². The second kappa shape index (κ2) is 8.13. The number of nitro groups is 1. The van der Waals surface area contributed by atoms with Crippen molar-refractivity contribution in [3.8, 4) is 0 Å². The highest BCUT2D eigenvalue weighted by Crippen LogP contribution is 2.37. The Hall–Kier alpha value is -2.38. The van der Waals surface area contributed by atoms with E-state index in [0.717, 1.165) is 16.0 Å². The first kappa shape index (κ1) is 19.0. The van der Waals surface area contributed by atoms with Crippen molar-refractivity contribution in [2.75, 3.05) is 11.5 Å². The number of halogens is 2. The fourth-order valence-electron chi connectivity index (χ4n) is 2.17. The molecule has 7 nitrogen and oxygen atoms in total. The number of ether oxygens (including phenoxy) is 1. The summed E-state index contributed by atoms with van der Waals surface area (Å²) in [4.78, 5) is 27.9. The lowest BCUT2D eigenvalue weighted by Gasteiger charge is -2.22. The number of aromatic nitrogens is 1. The molecule has 0 aliphatic rings. The van der Waals surface area contributed by atoms with Crippen LogP contribution in [0.4, 0.5) is 16.2 Å². The first-order chi connectivity index (χ1) is 11.8. The number of hydrogen-bond acceptors (Lipinski definition) is 5. The molecule has 0 radical (unpaired) electrons. The molecule has 0 aliphatic carbocycles. The zero-order valence-corrected chi connectivity index (χ0v) is 15.0. The molecule has 1 amide bonds. The fraction of sp³-hybridized carbons (Fsp3) is 0.250. The van der Waals surface area contributed by atoms with Gasteiger partial charge in [0.1, 0.15) is 10.8 Å². The largest absolute Gasteiger partial charge is 0.449 e. The van der Waals surface area contributed by atoms with E-state index >= 15 is 0 Å². The minimum absolute atomic E-state index is 0.0522. The van der Waals surface area contributed by atoms with Crippen molar-refractivity contribution < 1.29 is 14.5 Å². The quantitative estimate of drug-likeness (QED) is 0.421. The number of nitrogens with zero attached hydrogens (tertiary/aromatic N) is 3. The van der Waals surface area contributed by atoms with Gasteiger partial charge in [-0.3, -0.25) is 15.0 Å². The van der Waals surface area contributed by atoms with Gasteiger partial charge in [-0.2, -0.15) is 0 Å². The van der Waals surface area contributed by atoms with Crippen molar-refractivity contribution in [2.45, 2.75) is 20.4 Å². The van der Waals surface area contributed by atoms with Crippen LogP contribution < -0.4 is 4.90 Å². The number of carbonyl (C=O) groups is 1. The standard InChI is InChI=1S/C16H15Cl2N3O4/c1-3-25-16(22)20(9-11-6-4-10(2)5-7-11)12-8-13(17)19-15(18)14(12)21(23)24/h4-8H,3,9H2,1-2H3. The number of carbonyl (C=O) groups excluding carboxylic acids is 1. The van der Waals surface area contributed by atoms with Gasteiger partial charge in [0.15, 0.2) is 0 Å². The fourth-order valence-corrected chi connectivity index (χ4v) is 2.65. The number of benzene rings is 1. The highest BCUT2D eigenvalue weighted by molar-refractivity contribution is 6.34. The van der Waals surface area contributed by atoms with E-state index in [1.165, 1.54) is 6.07 Å². The van der Waals surface area contributed by atoms with Gasteiger partial charge >= 0.3 is 11.8 Å². The van der Waals surface area contributed by atoms with E-state index in [1.54, 1.807) is 6.92 Å². The molecular formula is C16H15Cl2N3O4. The summed E-state index contributed by atoms with van der Waals surface area (Å²) >= 11 is 11.7. The Morgan fingerprint density at radius 2 is 1.96 bits per heavy atom. The summed E-state index contributed by atoms with van der Waals surface area (Å²) < 4.78 is 5.03. The third-order valence-electron chi connectivity index (χ3n) is 3.32. The molecule has 25 heavy (non-hydrogen) atoms. The summed E-state index contributed by atoms with van der Waals surface area (Å²) in [6.07, 6.45) is -0.746. The van der Waals surface area contributed by atoms with Crippen LogP contribution in [0.1, 0.15) is 18.1 Å². The van der Waals surface area contributed by atoms with Crippen molar-refractivity contribution in [2.24, 2.45) is 0 Å². The van der Waals surface area contributed by atoms with E-state index < -0.39 is 21.9 Å². The van der Waals surface area contributed by atoms with E-state index in [0.29, 0.717) is 0 Å². The lowest BCUT2D eigenvalue weighted by molar-refractivity contribution is -0.384. The van der Waals surface area contributed by atoms with E-state index in [1.807, 2.05) is 31.2 Å². The van der Waals surface area contributed by atoms with Crippen molar-refractivity contribution in [1.29, 1.82) is 0 Å². The van der Waals surface area contributed by atoms with Gasteiger partial charge < -0.3 is 4.74 Å². The summed E-state index contributed by atoms with van der Waals surface area (Å²) in [6.45, 7) is 3.74. The topological polar surface area (TPSA) is 85.6 Å². The smallest absolute Gasteiger partial charge is 0.414 e. The van der Waals surface area contributed by atoms with Gasteiger partial charge in [-0.25, -0.2) is 9.78 Å². The van der Waals surface area contributed by atoms with Crippen LogP contribution in [-0.2, 0) is 11.3 Å². The summed E-state index contributed by atoms with van der Waals surface area (Å²) in [5.74, 6) is 0. The molecule has 1 aromatic carbocycles. The average molecular weight is 384 g/mol. The molecule has 0 aliphatic heterocycles. The molecule has 9 heteroatoms. The van der Waals surface area contributed by atoms with Gasteiger partial charge in [-0.05, 0) is 19.4 Å². The van der Waals surface area contributed by atoms with Gasteiger partial charge in [0.2, 0.25) is 5.15 Å².